The molecule has 112 valence electrons. The largest absolute Gasteiger partial charge is 0.504 e. The fourth-order valence-electron chi connectivity index (χ4n) is 1.90. The molecule has 0 saturated carbocycles. The van der Waals surface area contributed by atoms with E-state index in [1.54, 1.807) is 19.1 Å². The van der Waals surface area contributed by atoms with E-state index in [0.717, 1.165) is 12.1 Å². The topological polar surface area (TPSA) is 53.0 Å². The minimum absolute atomic E-state index is 0.0737. The molecule has 0 unspecified atom stereocenters. The molecule has 20 heavy (non-hydrogen) atoms. The highest BCUT2D eigenvalue weighted by Gasteiger charge is 2.10. The minimum atomic E-state index is 0.0737. The third kappa shape index (κ3) is 5.09. The van der Waals surface area contributed by atoms with Crippen LogP contribution in [-0.2, 0) is 11.2 Å². The summed E-state index contributed by atoms with van der Waals surface area (Å²) < 4.78 is 5.01. The Labute approximate surface area is 120 Å². The molecule has 1 aromatic carbocycles. The summed E-state index contributed by atoms with van der Waals surface area (Å²) in [6, 6.07) is 5.33. The van der Waals surface area contributed by atoms with Gasteiger partial charge in [-0.05, 0) is 38.2 Å². The Morgan fingerprint density at radius 1 is 1.25 bits per heavy atom. The lowest BCUT2D eigenvalue weighted by Crippen LogP contribution is -2.36. The van der Waals surface area contributed by atoms with Gasteiger partial charge in [0.05, 0.1) is 7.11 Å². The Hall–Kier alpha value is -1.75. The number of carbonyl (C=O) groups excluding carboxylic acids is 1. The summed E-state index contributed by atoms with van der Waals surface area (Å²) in [4.78, 5) is 15.5. The number of methoxy groups -OCH3 is 1. The van der Waals surface area contributed by atoms with Crippen LogP contribution in [0.4, 0.5) is 0 Å². The molecule has 0 spiro atoms. The number of ether oxygens (including phenoxy) is 1. The monoisotopic (exact) mass is 280 g/mol. The number of aromatic hydroxyl groups is 1. The molecular weight excluding hydrogens is 256 g/mol. The molecule has 1 rings (SSSR count). The van der Waals surface area contributed by atoms with E-state index in [-0.39, 0.29) is 11.7 Å². The average molecular weight is 280 g/mol. The van der Waals surface area contributed by atoms with E-state index >= 15 is 0 Å². The standard InChI is InChI=1S/C15H24N2O3/c1-12(18)17(10-9-16(2)3)8-7-13-5-6-15(20-4)14(19)11-13/h5-6,11,19H,7-10H2,1-4H3. The molecule has 1 amide bonds. The second-order valence-electron chi connectivity index (χ2n) is 5.07. The van der Waals surface area contributed by atoms with E-state index in [4.69, 9.17) is 4.74 Å². The van der Waals surface area contributed by atoms with Crippen molar-refractivity contribution in [3.05, 3.63) is 23.8 Å². The van der Waals surface area contributed by atoms with Crippen molar-refractivity contribution in [2.75, 3.05) is 40.8 Å². The summed E-state index contributed by atoms with van der Waals surface area (Å²) >= 11 is 0. The number of nitrogens with zero attached hydrogens (tertiary/aromatic N) is 2. The summed E-state index contributed by atoms with van der Waals surface area (Å²) in [7, 11) is 5.49. The lowest BCUT2D eigenvalue weighted by atomic mass is 10.1. The van der Waals surface area contributed by atoms with Crippen LogP contribution >= 0.6 is 0 Å². The molecule has 0 radical (unpaired) electrons. The van der Waals surface area contributed by atoms with Crippen molar-refractivity contribution in [3.63, 3.8) is 0 Å². The lowest BCUT2D eigenvalue weighted by molar-refractivity contribution is -0.128. The molecule has 0 fully saturated rings. The second-order valence-corrected chi connectivity index (χ2v) is 5.07. The smallest absolute Gasteiger partial charge is 0.219 e. The van der Waals surface area contributed by atoms with Gasteiger partial charge in [-0.3, -0.25) is 4.79 Å². The molecular formula is C15H24N2O3. The van der Waals surface area contributed by atoms with Gasteiger partial charge in [-0.15, -0.1) is 0 Å². The zero-order valence-electron chi connectivity index (χ0n) is 12.7. The summed E-state index contributed by atoms with van der Waals surface area (Å²) in [5.41, 5.74) is 0.986. The van der Waals surface area contributed by atoms with Crippen LogP contribution in [0.25, 0.3) is 0 Å². The zero-order chi connectivity index (χ0) is 15.1. The summed E-state index contributed by atoms with van der Waals surface area (Å²) in [6.07, 6.45) is 0.713. The van der Waals surface area contributed by atoms with Crippen molar-refractivity contribution in [1.82, 2.24) is 9.80 Å². The Bertz CT molecular complexity index is 447. The summed E-state index contributed by atoms with van der Waals surface area (Å²) in [6.45, 7) is 3.79. The zero-order valence-corrected chi connectivity index (χ0v) is 12.7. The summed E-state index contributed by atoms with van der Waals surface area (Å²) in [5, 5.41) is 9.73. The number of likely N-dealkylation sites (N-methyl/N-ethyl adjacent to an activating group) is 1. The number of phenolic OH excluding ortho intramolecular Hbond substituents is 1. The number of carbonyl (C=O) groups is 1. The first-order chi connectivity index (χ1) is 9.43. The highest BCUT2D eigenvalue weighted by molar-refractivity contribution is 5.73. The second kappa shape index (κ2) is 7.75. The highest BCUT2D eigenvalue weighted by Crippen LogP contribution is 2.26. The molecule has 0 heterocycles. The van der Waals surface area contributed by atoms with Crippen LogP contribution in [0.3, 0.4) is 0 Å². The Balaban J connectivity index is 2.58. The van der Waals surface area contributed by atoms with Crippen molar-refractivity contribution < 1.29 is 14.6 Å². The van der Waals surface area contributed by atoms with Crippen molar-refractivity contribution in [2.24, 2.45) is 0 Å². The Kier molecular flexibility index (Phi) is 6.31. The fourth-order valence-corrected chi connectivity index (χ4v) is 1.90. The molecule has 0 aliphatic rings. The molecule has 0 saturated heterocycles. The van der Waals surface area contributed by atoms with Gasteiger partial charge in [-0.2, -0.15) is 0 Å². The van der Waals surface area contributed by atoms with Gasteiger partial charge < -0.3 is 19.6 Å². The van der Waals surface area contributed by atoms with Crippen molar-refractivity contribution in [2.45, 2.75) is 13.3 Å². The van der Waals surface area contributed by atoms with Gasteiger partial charge in [0.1, 0.15) is 0 Å². The van der Waals surface area contributed by atoms with E-state index in [1.165, 1.54) is 7.11 Å². The normalized spacial score (nSPS) is 10.7. The van der Waals surface area contributed by atoms with Crippen molar-refractivity contribution in [3.8, 4) is 11.5 Å². The number of benzene rings is 1. The van der Waals surface area contributed by atoms with Gasteiger partial charge in [0.25, 0.3) is 0 Å². The third-order valence-corrected chi connectivity index (χ3v) is 3.18. The van der Waals surface area contributed by atoms with Gasteiger partial charge in [0, 0.05) is 26.6 Å². The van der Waals surface area contributed by atoms with Crippen LogP contribution in [0.5, 0.6) is 11.5 Å². The van der Waals surface area contributed by atoms with Gasteiger partial charge in [0.15, 0.2) is 11.5 Å². The number of amides is 1. The van der Waals surface area contributed by atoms with E-state index in [9.17, 15) is 9.90 Å². The number of phenols is 1. The van der Waals surface area contributed by atoms with Crippen LogP contribution in [0, 0.1) is 0 Å². The molecule has 1 aromatic rings. The third-order valence-electron chi connectivity index (χ3n) is 3.18. The molecule has 0 aromatic heterocycles. The Morgan fingerprint density at radius 3 is 2.45 bits per heavy atom. The van der Waals surface area contributed by atoms with Gasteiger partial charge in [0.2, 0.25) is 5.91 Å². The van der Waals surface area contributed by atoms with E-state index in [1.807, 2.05) is 25.1 Å². The van der Waals surface area contributed by atoms with Crippen LogP contribution < -0.4 is 4.74 Å². The number of hydrogen-bond acceptors (Lipinski definition) is 4. The predicted molar refractivity (Wildman–Crippen MR) is 79.2 cm³/mol. The predicted octanol–water partition coefficient (Wildman–Crippen LogP) is 1.35. The first-order valence-electron chi connectivity index (χ1n) is 6.70. The van der Waals surface area contributed by atoms with Crippen molar-refractivity contribution in [1.29, 1.82) is 0 Å². The fraction of sp³-hybridized carbons (Fsp3) is 0.533. The minimum Gasteiger partial charge on any atom is -0.504 e. The van der Waals surface area contributed by atoms with Crippen LogP contribution in [0.15, 0.2) is 18.2 Å². The van der Waals surface area contributed by atoms with Crippen LogP contribution in [0.1, 0.15) is 12.5 Å². The van der Waals surface area contributed by atoms with E-state index in [2.05, 4.69) is 4.90 Å². The molecule has 0 atom stereocenters. The average Bonchev–Trinajstić information content (AvgIpc) is 2.38. The maximum absolute atomic E-state index is 11.6. The maximum Gasteiger partial charge on any atom is 0.219 e. The molecule has 0 aliphatic carbocycles. The summed E-state index contributed by atoms with van der Waals surface area (Å²) in [5.74, 6) is 0.669. The first kappa shape index (κ1) is 16.3. The molecule has 0 bridgehead atoms. The van der Waals surface area contributed by atoms with Crippen LogP contribution in [-0.4, -0.2) is 61.7 Å². The highest BCUT2D eigenvalue weighted by atomic mass is 16.5. The molecule has 5 heteroatoms. The van der Waals surface area contributed by atoms with Crippen molar-refractivity contribution >= 4 is 5.91 Å². The number of rotatable bonds is 7. The molecule has 5 nitrogen and oxygen atoms in total. The van der Waals surface area contributed by atoms with E-state index in [0.29, 0.717) is 25.3 Å². The Morgan fingerprint density at radius 2 is 1.95 bits per heavy atom. The van der Waals surface area contributed by atoms with Crippen LogP contribution in [0.2, 0.25) is 0 Å². The van der Waals surface area contributed by atoms with Gasteiger partial charge >= 0.3 is 0 Å². The molecule has 1 N–H and O–H groups in total. The van der Waals surface area contributed by atoms with E-state index < -0.39 is 0 Å². The lowest BCUT2D eigenvalue weighted by Gasteiger charge is -2.23. The molecule has 0 aliphatic heterocycles. The maximum atomic E-state index is 11.6. The first-order valence-corrected chi connectivity index (χ1v) is 6.70. The van der Waals surface area contributed by atoms with Gasteiger partial charge in [-0.25, -0.2) is 0 Å². The van der Waals surface area contributed by atoms with Gasteiger partial charge in [-0.1, -0.05) is 6.07 Å². The number of hydrogen-bond donors (Lipinski definition) is 1. The SMILES string of the molecule is COc1ccc(CCN(CCN(C)C)C(C)=O)cc1O. The quantitative estimate of drug-likeness (QED) is 0.819.